The fourth-order valence-corrected chi connectivity index (χ4v) is 1.95. The molecule has 4 heteroatoms. The highest BCUT2D eigenvalue weighted by molar-refractivity contribution is 5.78. The van der Waals surface area contributed by atoms with Crippen molar-refractivity contribution in [1.82, 2.24) is 10.6 Å². The standard InChI is InChI=1S/C13H26N2O2/c1-2-3-9-17-10-5-8-15-13(16)12-6-4-7-14-11-12/h12,14H,2-11H2,1H3,(H,15,16)/t12-/m1/s1. The van der Waals surface area contributed by atoms with Gasteiger partial charge in [0.2, 0.25) is 5.91 Å². The molecule has 1 fully saturated rings. The van der Waals surface area contributed by atoms with Gasteiger partial charge in [0.05, 0.1) is 5.92 Å². The van der Waals surface area contributed by atoms with Crippen molar-refractivity contribution in [3.63, 3.8) is 0 Å². The first-order valence-corrected chi connectivity index (χ1v) is 6.90. The smallest absolute Gasteiger partial charge is 0.224 e. The lowest BCUT2D eigenvalue weighted by molar-refractivity contribution is -0.125. The molecule has 0 saturated carbocycles. The molecule has 0 bridgehead atoms. The molecule has 0 aliphatic carbocycles. The molecule has 1 atom stereocenters. The van der Waals surface area contributed by atoms with Gasteiger partial charge in [-0.2, -0.15) is 0 Å². The van der Waals surface area contributed by atoms with E-state index >= 15 is 0 Å². The maximum atomic E-state index is 11.7. The second kappa shape index (κ2) is 9.42. The minimum Gasteiger partial charge on any atom is -0.381 e. The monoisotopic (exact) mass is 242 g/mol. The Labute approximate surface area is 104 Å². The minimum absolute atomic E-state index is 0.171. The molecule has 1 aliphatic heterocycles. The van der Waals surface area contributed by atoms with Crippen LogP contribution in [0.3, 0.4) is 0 Å². The molecule has 1 amide bonds. The summed E-state index contributed by atoms with van der Waals surface area (Å²) >= 11 is 0. The molecule has 4 nitrogen and oxygen atoms in total. The van der Waals surface area contributed by atoms with E-state index in [0.717, 1.165) is 58.5 Å². The lowest BCUT2D eigenvalue weighted by Gasteiger charge is -2.21. The van der Waals surface area contributed by atoms with Crippen molar-refractivity contribution in [3.05, 3.63) is 0 Å². The maximum Gasteiger partial charge on any atom is 0.224 e. The van der Waals surface area contributed by atoms with Crippen LogP contribution in [0.4, 0.5) is 0 Å². The highest BCUT2D eigenvalue weighted by Gasteiger charge is 2.19. The summed E-state index contributed by atoms with van der Waals surface area (Å²) < 4.78 is 5.44. The zero-order valence-electron chi connectivity index (χ0n) is 11.0. The van der Waals surface area contributed by atoms with Crippen LogP contribution in [-0.2, 0) is 9.53 Å². The van der Waals surface area contributed by atoms with Crippen LogP contribution in [0, 0.1) is 5.92 Å². The van der Waals surface area contributed by atoms with Crippen molar-refractivity contribution < 1.29 is 9.53 Å². The SMILES string of the molecule is CCCCOCCCNC(=O)[C@@H]1CCCNC1. The number of unbranched alkanes of at least 4 members (excludes halogenated alkanes) is 1. The molecule has 1 heterocycles. The average molecular weight is 242 g/mol. The van der Waals surface area contributed by atoms with E-state index in [2.05, 4.69) is 17.6 Å². The van der Waals surface area contributed by atoms with Crippen molar-refractivity contribution in [2.75, 3.05) is 32.8 Å². The van der Waals surface area contributed by atoms with Gasteiger partial charge in [-0.25, -0.2) is 0 Å². The van der Waals surface area contributed by atoms with E-state index in [9.17, 15) is 4.79 Å². The summed E-state index contributed by atoms with van der Waals surface area (Å²) in [6.07, 6.45) is 5.34. The Morgan fingerprint density at radius 2 is 2.24 bits per heavy atom. The second-order valence-corrected chi connectivity index (χ2v) is 4.65. The fraction of sp³-hybridized carbons (Fsp3) is 0.923. The Balaban J connectivity index is 1.92. The zero-order chi connectivity index (χ0) is 12.3. The molecule has 2 N–H and O–H groups in total. The summed E-state index contributed by atoms with van der Waals surface area (Å²) in [5, 5.41) is 6.24. The molecule has 0 aromatic rings. The maximum absolute atomic E-state index is 11.7. The van der Waals surface area contributed by atoms with Gasteiger partial charge in [-0.3, -0.25) is 4.79 Å². The predicted molar refractivity (Wildman–Crippen MR) is 68.9 cm³/mol. The number of amides is 1. The number of nitrogens with one attached hydrogen (secondary N) is 2. The van der Waals surface area contributed by atoms with Gasteiger partial charge in [0.15, 0.2) is 0 Å². The minimum atomic E-state index is 0.171. The van der Waals surface area contributed by atoms with E-state index in [1.807, 2.05) is 0 Å². The number of rotatable bonds is 8. The summed E-state index contributed by atoms with van der Waals surface area (Å²) in [6, 6.07) is 0. The van der Waals surface area contributed by atoms with Gasteiger partial charge in [-0.05, 0) is 32.2 Å². The van der Waals surface area contributed by atoms with Gasteiger partial charge in [0.1, 0.15) is 0 Å². The molecule has 17 heavy (non-hydrogen) atoms. The van der Waals surface area contributed by atoms with Gasteiger partial charge < -0.3 is 15.4 Å². The van der Waals surface area contributed by atoms with E-state index < -0.39 is 0 Å². The van der Waals surface area contributed by atoms with Crippen LogP contribution >= 0.6 is 0 Å². The molecular formula is C13H26N2O2. The fourth-order valence-electron chi connectivity index (χ4n) is 1.95. The van der Waals surface area contributed by atoms with Crippen LogP contribution in [-0.4, -0.2) is 38.8 Å². The first-order chi connectivity index (χ1) is 8.34. The normalized spacial score (nSPS) is 20.2. The highest BCUT2D eigenvalue weighted by atomic mass is 16.5. The molecule has 0 radical (unpaired) electrons. The largest absolute Gasteiger partial charge is 0.381 e. The Kier molecular flexibility index (Phi) is 8.01. The van der Waals surface area contributed by atoms with Gasteiger partial charge in [-0.15, -0.1) is 0 Å². The van der Waals surface area contributed by atoms with Crippen LogP contribution in [0.5, 0.6) is 0 Å². The molecule has 1 rings (SSSR count). The highest BCUT2D eigenvalue weighted by Crippen LogP contribution is 2.09. The first kappa shape index (κ1) is 14.5. The Morgan fingerprint density at radius 3 is 2.94 bits per heavy atom. The topological polar surface area (TPSA) is 50.4 Å². The number of hydrogen-bond donors (Lipinski definition) is 2. The third-order valence-corrected chi connectivity index (χ3v) is 3.07. The van der Waals surface area contributed by atoms with Gasteiger partial charge in [0.25, 0.3) is 0 Å². The first-order valence-electron chi connectivity index (χ1n) is 6.90. The molecule has 0 aromatic carbocycles. The van der Waals surface area contributed by atoms with Crippen molar-refractivity contribution in [3.8, 4) is 0 Å². The summed E-state index contributed by atoms with van der Waals surface area (Å²) in [5.41, 5.74) is 0. The zero-order valence-corrected chi connectivity index (χ0v) is 11.0. The van der Waals surface area contributed by atoms with E-state index in [4.69, 9.17) is 4.74 Å². The number of piperidine rings is 1. The Hall–Kier alpha value is -0.610. The lowest BCUT2D eigenvalue weighted by atomic mass is 9.99. The van der Waals surface area contributed by atoms with E-state index in [-0.39, 0.29) is 11.8 Å². The van der Waals surface area contributed by atoms with Gasteiger partial charge in [-0.1, -0.05) is 13.3 Å². The van der Waals surface area contributed by atoms with Crippen LogP contribution < -0.4 is 10.6 Å². The van der Waals surface area contributed by atoms with Crippen LogP contribution in [0.1, 0.15) is 39.0 Å². The third kappa shape index (κ3) is 6.64. The molecule has 1 saturated heterocycles. The predicted octanol–water partition coefficient (Wildman–Crippen LogP) is 1.31. The number of ether oxygens (including phenoxy) is 1. The average Bonchev–Trinajstić information content (AvgIpc) is 2.38. The second-order valence-electron chi connectivity index (χ2n) is 4.65. The van der Waals surface area contributed by atoms with E-state index in [0.29, 0.717) is 0 Å². The third-order valence-electron chi connectivity index (χ3n) is 3.07. The van der Waals surface area contributed by atoms with E-state index in [1.54, 1.807) is 0 Å². The molecule has 1 aliphatic rings. The Bertz CT molecular complexity index is 204. The number of carbonyl (C=O) groups is 1. The quantitative estimate of drug-likeness (QED) is 0.631. The van der Waals surface area contributed by atoms with Gasteiger partial charge in [0, 0.05) is 26.3 Å². The molecule has 100 valence electrons. The van der Waals surface area contributed by atoms with Crippen molar-refractivity contribution in [1.29, 1.82) is 0 Å². The van der Waals surface area contributed by atoms with Gasteiger partial charge >= 0.3 is 0 Å². The lowest BCUT2D eigenvalue weighted by Crippen LogP contribution is -2.40. The summed E-state index contributed by atoms with van der Waals surface area (Å²) in [6.45, 7) is 6.37. The number of hydrogen-bond acceptors (Lipinski definition) is 3. The van der Waals surface area contributed by atoms with Crippen molar-refractivity contribution in [2.24, 2.45) is 5.92 Å². The number of carbonyl (C=O) groups excluding carboxylic acids is 1. The van der Waals surface area contributed by atoms with Crippen LogP contribution in [0.25, 0.3) is 0 Å². The van der Waals surface area contributed by atoms with E-state index in [1.165, 1.54) is 6.42 Å². The molecular weight excluding hydrogens is 216 g/mol. The Morgan fingerprint density at radius 1 is 1.41 bits per heavy atom. The molecule has 0 spiro atoms. The van der Waals surface area contributed by atoms with Crippen LogP contribution in [0.2, 0.25) is 0 Å². The summed E-state index contributed by atoms with van der Waals surface area (Å²) in [4.78, 5) is 11.7. The van der Waals surface area contributed by atoms with Crippen LogP contribution in [0.15, 0.2) is 0 Å². The molecule has 0 aromatic heterocycles. The van der Waals surface area contributed by atoms with Crippen molar-refractivity contribution >= 4 is 5.91 Å². The summed E-state index contributed by atoms with van der Waals surface area (Å²) in [5.74, 6) is 0.371. The summed E-state index contributed by atoms with van der Waals surface area (Å²) in [7, 11) is 0. The van der Waals surface area contributed by atoms with Crippen molar-refractivity contribution in [2.45, 2.75) is 39.0 Å². The molecule has 0 unspecified atom stereocenters.